The van der Waals surface area contributed by atoms with Gasteiger partial charge in [0, 0.05) is 30.7 Å². The molecule has 0 saturated carbocycles. The first-order valence-electron chi connectivity index (χ1n) is 8.40. The minimum atomic E-state index is -0.000784. The van der Waals surface area contributed by atoms with E-state index in [-0.39, 0.29) is 12.1 Å². The lowest BCUT2D eigenvalue weighted by molar-refractivity contribution is 0.163. The lowest BCUT2D eigenvalue weighted by atomic mass is 10.0. The molecule has 1 atom stereocenters. The summed E-state index contributed by atoms with van der Waals surface area (Å²) in [5.74, 6) is 0. The molecule has 1 aromatic heterocycles. The molecule has 122 valence electrons. The molecule has 1 aromatic carbocycles. The number of carbonyl (C=O) groups excluding carboxylic acids is 1. The number of amides is 2. The van der Waals surface area contributed by atoms with Crippen molar-refractivity contribution in [2.24, 2.45) is 0 Å². The smallest absolute Gasteiger partial charge is 0.322 e. The van der Waals surface area contributed by atoms with Gasteiger partial charge in [0.2, 0.25) is 0 Å². The summed E-state index contributed by atoms with van der Waals surface area (Å²) in [7, 11) is 0. The molecule has 2 heterocycles. The number of anilines is 1. The second-order valence-electron chi connectivity index (χ2n) is 6.35. The van der Waals surface area contributed by atoms with Gasteiger partial charge in [-0.15, -0.1) is 0 Å². The zero-order chi connectivity index (χ0) is 16.4. The average Bonchev–Trinajstić information content (AvgIpc) is 3.00. The van der Waals surface area contributed by atoms with E-state index in [2.05, 4.69) is 55.1 Å². The maximum Gasteiger partial charge on any atom is 0.322 e. The first-order chi connectivity index (χ1) is 11.1. The van der Waals surface area contributed by atoms with E-state index in [4.69, 9.17) is 0 Å². The van der Waals surface area contributed by atoms with Gasteiger partial charge in [0.15, 0.2) is 0 Å². The van der Waals surface area contributed by atoms with Crippen molar-refractivity contribution in [3.05, 3.63) is 53.3 Å². The SMILES string of the molecule is CCC[C@H]1c2cccn2CCN1C(=O)Nc1ccc(C)c(C)c1. The number of carbonyl (C=O) groups is 1. The second-order valence-corrected chi connectivity index (χ2v) is 6.35. The van der Waals surface area contributed by atoms with Crippen LogP contribution in [0.2, 0.25) is 0 Å². The molecule has 4 nitrogen and oxygen atoms in total. The van der Waals surface area contributed by atoms with Crippen LogP contribution in [0.5, 0.6) is 0 Å². The van der Waals surface area contributed by atoms with Gasteiger partial charge >= 0.3 is 6.03 Å². The first kappa shape index (κ1) is 15.7. The lowest BCUT2D eigenvalue weighted by Gasteiger charge is -2.37. The van der Waals surface area contributed by atoms with E-state index in [0.717, 1.165) is 31.6 Å². The normalized spacial score (nSPS) is 17.0. The van der Waals surface area contributed by atoms with Crippen LogP contribution in [0.15, 0.2) is 36.5 Å². The highest BCUT2D eigenvalue weighted by molar-refractivity contribution is 5.89. The zero-order valence-electron chi connectivity index (χ0n) is 14.2. The summed E-state index contributed by atoms with van der Waals surface area (Å²) in [6.45, 7) is 7.93. The summed E-state index contributed by atoms with van der Waals surface area (Å²) in [6.07, 6.45) is 4.16. The first-order valence-corrected chi connectivity index (χ1v) is 8.40. The van der Waals surface area contributed by atoms with Crippen molar-refractivity contribution >= 4 is 11.7 Å². The van der Waals surface area contributed by atoms with Gasteiger partial charge in [0.25, 0.3) is 0 Å². The fourth-order valence-corrected chi connectivity index (χ4v) is 3.30. The van der Waals surface area contributed by atoms with Crippen molar-refractivity contribution < 1.29 is 4.79 Å². The fourth-order valence-electron chi connectivity index (χ4n) is 3.30. The Hall–Kier alpha value is -2.23. The van der Waals surface area contributed by atoms with Crippen LogP contribution in [0.3, 0.4) is 0 Å². The van der Waals surface area contributed by atoms with E-state index in [9.17, 15) is 4.79 Å². The predicted molar refractivity (Wildman–Crippen MR) is 93.7 cm³/mol. The lowest BCUT2D eigenvalue weighted by Crippen LogP contribution is -2.44. The molecular formula is C19H25N3O. The molecule has 1 N–H and O–H groups in total. The largest absolute Gasteiger partial charge is 0.348 e. The molecule has 0 unspecified atom stereocenters. The number of aryl methyl sites for hydroxylation is 2. The van der Waals surface area contributed by atoms with Gasteiger partial charge < -0.3 is 14.8 Å². The Morgan fingerprint density at radius 2 is 2.04 bits per heavy atom. The third kappa shape index (κ3) is 3.11. The predicted octanol–water partition coefficient (Wildman–Crippen LogP) is 4.49. The van der Waals surface area contributed by atoms with Crippen LogP contribution in [-0.2, 0) is 6.54 Å². The monoisotopic (exact) mass is 311 g/mol. The molecule has 0 spiro atoms. The summed E-state index contributed by atoms with van der Waals surface area (Å²) in [5.41, 5.74) is 4.55. The Kier molecular flexibility index (Phi) is 4.42. The molecule has 0 fully saturated rings. The quantitative estimate of drug-likeness (QED) is 0.890. The Morgan fingerprint density at radius 1 is 1.22 bits per heavy atom. The van der Waals surface area contributed by atoms with Gasteiger partial charge in [-0.1, -0.05) is 19.4 Å². The number of urea groups is 1. The van der Waals surface area contributed by atoms with Crippen molar-refractivity contribution in [2.45, 2.75) is 46.2 Å². The van der Waals surface area contributed by atoms with Crippen LogP contribution < -0.4 is 5.32 Å². The summed E-state index contributed by atoms with van der Waals surface area (Å²) in [6, 6.07) is 10.4. The number of fused-ring (bicyclic) bond motifs is 1. The van der Waals surface area contributed by atoms with Gasteiger partial charge in [-0.2, -0.15) is 0 Å². The molecule has 3 rings (SSSR count). The van der Waals surface area contributed by atoms with Crippen LogP contribution in [0.1, 0.15) is 42.6 Å². The second kappa shape index (κ2) is 6.49. The van der Waals surface area contributed by atoms with Gasteiger partial charge in [0.1, 0.15) is 0 Å². The fraction of sp³-hybridized carbons (Fsp3) is 0.421. The number of hydrogen-bond donors (Lipinski definition) is 1. The molecule has 4 heteroatoms. The van der Waals surface area contributed by atoms with Gasteiger partial charge in [-0.3, -0.25) is 0 Å². The van der Waals surface area contributed by atoms with Crippen LogP contribution in [-0.4, -0.2) is 22.0 Å². The maximum absolute atomic E-state index is 12.8. The Bertz CT molecular complexity index is 704. The van der Waals surface area contributed by atoms with Crippen molar-refractivity contribution in [1.29, 1.82) is 0 Å². The zero-order valence-corrected chi connectivity index (χ0v) is 14.2. The third-order valence-corrected chi connectivity index (χ3v) is 4.75. The van der Waals surface area contributed by atoms with Crippen LogP contribution in [0.4, 0.5) is 10.5 Å². The Balaban J connectivity index is 1.79. The number of rotatable bonds is 3. The van der Waals surface area contributed by atoms with E-state index < -0.39 is 0 Å². The van der Waals surface area contributed by atoms with Crippen molar-refractivity contribution in [3.63, 3.8) is 0 Å². The van der Waals surface area contributed by atoms with E-state index >= 15 is 0 Å². The molecule has 2 amide bonds. The summed E-state index contributed by atoms with van der Waals surface area (Å²) >= 11 is 0. The topological polar surface area (TPSA) is 37.3 Å². The number of nitrogens with one attached hydrogen (secondary N) is 1. The molecular weight excluding hydrogens is 286 g/mol. The van der Waals surface area contributed by atoms with Crippen LogP contribution in [0.25, 0.3) is 0 Å². The van der Waals surface area contributed by atoms with E-state index in [0.29, 0.717) is 0 Å². The maximum atomic E-state index is 12.8. The summed E-state index contributed by atoms with van der Waals surface area (Å²) in [5, 5.41) is 3.07. The molecule has 0 aliphatic carbocycles. The van der Waals surface area contributed by atoms with E-state index in [1.54, 1.807) is 0 Å². The van der Waals surface area contributed by atoms with Gasteiger partial charge in [-0.05, 0) is 55.7 Å². The highest BCUT2D eigenvalue weighted by Gasteiger charge is 2.30. The highest BCUT2D eigenvalue weighted by atomic mass is 16.2. The number of hydrogen-bond acceptors (Lipinski definition) is 1. The molecule has 0 bridgehead atoms. The molecule has 1 aliphatic heterocycles. The van der Waals surface area contributed by atoms with E-state index in [1.165, 1.54) is 16.8 Å². The number of nitrogens with zero attached hydrogens (tertiary/aromatic N) is 2. The minimum absolute atomic E-state index is 0.000784. The molecule has 2 aromatic rings. The van der Waals surface area contributed by atoms with Crippen LogP contribution >= 0.6 is 0 Å². The van der Waals surface area contributed by atoms with Gasteiger partial charge in [0.05, 0.1) is 6.04 Å². The molecule has 1 aliphatic rings. The Labute approximate surface area is 138 Å². The van der Waals surface area contributed by atoms with Crippen molar-refractivity contribution in [2.75, 3.05) is 11.9 Å². The molecule has 23 heavy (non-hydrogen) atoms. The molecule has 0 saturated heterocycles. The van der Waals surface area contributed by atoms with Gasteiger partial charge in [-0.25, -0.2) is 4.79 Å². The summed E-state index contributed by atoms with van der Waals surface area (Å²) < 4.78 is 2.26. The number of benzene rings is 1. The van der Waals surface area contributed by atoms with Crippen molar-refractivity contribution in [3.8, 4) is 0 Å². The number of aromatic nitrogens is 1. The average molecular weight is 311 g/mol. The Morgan fingerprint density at radius 3 is 2.78 bits per heavy atom. The van der Waals surface area contributed by atoms with E-state index in [1.807, 2.05) is 17.0 Å². The molecule has 0 radical (unpaired) electrons. The minimum Gasteiger partial charge on any atom is -0.348 e. The van der Waals surface area contributed by atoms with Crippen LogP contribution in [0, 0.1) is 13.8 Å². The van der Waals surface area contributed by atoms with Crippen molar-refractivity contribution in [1.82, 2.24) is 9.47 Å². The highest BCUT2D eigenvalue weighted by Crippen LogP contribution is 2.30. The summed E-state index contributed by atoms with van der Waals surface area (Å²) in [4.78, 5) is 14.8. The standard InChI is InChI=1S/C19H25N3O/c1-4-6-18-17-7-5-10-21(17)11-12-22(18)19(23)20-16-9-8-14(2)15(3)13-16/h5,7-10,13,18H,4,6,11-12H2,1-3H3,(H,20,23)/t18-/m0/s1. The third-order valence-electron chi connectivity index (χ3n) is 4.75.